The number of carbonyl (C=O) groups is 4. The van der Waals surface area contributed by atoms with Gasteiger partial charge in [-0.15, -0.1) is 11.3 Å². The summed E-state index contributed by atoms with van der Waals surface area (Å²) in [5.41, 5.74) is 17.6. The van der Waals surface area contributed by atoms with Crippen LogP contribution in [-0.2, 0) is 33.7 Å². The Hall–Kier alpha value is -5.94. The van der Waals surface area contributed by atoms with E-state index in [1.807, 2.05) is 30.3 Å². The smallest absolute Gasteiger partial charge is 0.416 e. The SMILES string of the molecule is NCCCC[C@H](NC(=O)[C@H](CCCN=C(N)N)NC(=O)c1cccs1)C(=O)N[C@H](C(=O)NCc1ccccc1)c1ccc(OCc2ccc(C(F)(F)F)cc2)cc1. The molecular weight excluding hydrogens is 762 g/mol. The summed E-state index contributed by atoms with van der Waals surface area (Å²) in [5.74, 6) is -1.99. The van der Waals surface area contributed by atoms with E-state index < -0.39 is 53.5 Å². The van der Waals surface area contributed by atoms with Gasteiger partial charge in [0.1, 0.15) is 30.5 Å². The van der Waals surface area contributed by atoms with Gasteiger partial charge in [-0.25, -0.2) is 0 Å². The number of nitrogens with zero attached hydrogens (tertiary/aromatic N) is 1. The van der Waals surface area contributed by atoms with Gasteiger partial charge in [-0.2, -0.15) is 13.2 Å². The number of unbranched alkanes of at least 4 members (excludes halogenated alkanes) is 1. The normalized spacial score (nSPS) is 12.7. The van der Waals surface area contributed by atoms with E-state index in [0.29, 0.717) is 47.6 Å². The monoisotopic (exact) mass is 808 g/mol. The average Bonchev–Trinajstić information content (AvgIpc) is 3.75. The van der Waals surface area contributed by atoms with Gasteiger partial charge < -0.3 is 43.2 Å². The number of benzene rings is 3. The van der Waals surface area contributed by atoms with E-state index in [9.17, 15) is 32.3 Å². The number of nitrogens with one attached hydrogen (secondary N) is 4. The molecule has 0 aliphatic carbocycles. The molecule has 0 aliphatic rings. The number of thiophene rings is 1. The molecule has 3 atom stereocenters. The molecular formula is C40H47F3N8O5S. The third kappa shape index (κ3) is 14.6. The van der Waals surface area contributed by atoms with Crippen LogP contribution in [0.5, 0.6) is 5.75 Å². The van der Waals surface area contributed by atoms with E-state index in [4.69, 9.17) is 21.9 Å². The molecule has 304 valence electrons. The molecule has 4 rings (SSSR count). The van der Waals surface area contributed by atoms with Gasteiger partial charge in [0.05, 0.1) is 10.4 Å². The Morgan fingerprint density at radius 2 is 1.40 bits per heavy atom. The van der Waals surface area contributed by atoms with Crippen LogP contribution < -0.4 is 43.2 Å². The van der Waals surface area contributed by atoms with Gasteiger partial charge in [0, 0.05) is 13.1 Å². The quantitative estimate of drug-likeness (QED) is 0.0366. The number of nitrogens with two attached hydrogens (primary N) is 3. The molecule has 0 saturated carbocycles. The Labute approximate surface area is 332 Å². The van der Waals surface area contributed by atoms with Gasteiger partial charge in [0.15, 0.2) is 5.96 Å². The largest absolute Gasteiger partial charge is 0.489 e. The van der Waals surface area contributed by atoms with Crippen LogP contribution in [0.2, 0.25) is 0 Å². The first-order chi connectivity index (χ1) is 27.3. The van der Waals surface area contributed by atoms with Crippen LogP contribution in [0.4, 0.5) is 13.2 Å². The second-order valence-electron chi connectivity index (χ2n) is 13.0. The third-order valence-corrected chi connectivity index (χ3v) is 9.52. The van der Waals surface area contributed by atoms with Crippen molar-refractivity contribution in [2.24, 2.45) is 22.2 Å². The number of alkyl halides is 3. The number of amides is 4. The minimum absolute atomic E-state index is 0.0115. The zero-order chi connectivity index (χ0) is 41.2. The molecule has 0 unspecified atom stereocenters. The molecule has 0 aliphatic heterocycles. The lowest BCUT2D eigenvalue weighted by Gasteiger charge is -2.26. The maximum Gasteiger partial charge on any atom is 0.416 e. The number of hydrogen-bond acceptors (Lipinski definition) is 8. The fourth-order valence-electron chi connectivity index (χ4n) is 5.59. The van der Waals surface area contributed by atoms with E-state index in [2.05, 4.69) is 26.3 Å². The minimum atomic E-state index is -4.45. The summed E-state index contributed by atoms with van der Waals surface area (Å²) < 4.78 is 44.7. The van der Waals surface area contributed by atoms with Crippen molar-refractivity contribution in [3.63, 3.8) is 0 Å². The lowest BCUT2D eigenvalue weighted by atomic mass is 10.0. The highest BCUT2D eigenvalue weighted by atomic mass is 32.1. The van der Waals surface area contributed by atoms with Crippen molar-refractivity contribution in [3.8, 4) is 5.75 Å². The summed E-state index contributed by atoms with van der Waals surface area (Å²) in [6, 6.07) is 20.1. The summed E-state index contributed by atoms with van der Waals surface area (Å²) in [4.78, 5) is 58.9. The van der Waals surface area contributed by atoms with Crippen LogP contribution in [0, 0.1) is 0 Å². The van der Waals surface area contributed by atoms with E-state index in [1.54, 1.807) is 41.8 Å². The summed E-state index contributed by atoms with van der Waals surface area (Å²) in [5, 5.41) is 12.9. The van der Waals surface area contributed by atoms with Gasteiger partial charge in [-0.05, 0) is 91.1 Å². The Morgan fingerprint density at radius 1 is 0.737 bits per heavy atom. The predicted molar refractivity (Wildman–Crippen MR) is 212 cm³/mol. The standard InChI is InChI=1S/C40H47F3N8O5S/c41-40(42,43)29-17-13-27(14-18-29)25-56-30-19-15-28(16-20-30)34(38(55)48-24-26-8-2-1-3-9-26)51-36(53)31(10-4-5-21-44)49-35(52)32(11-6-22-47-39(45)46)50-37(54)33-12-7-23-57-33/h1-3,7-9,12-20,23,31-32,34H,4-6,10-11,21-22,24-25,44H2,(H,48,55)(H,49,52)(H,50,54)(H,51,53)(H4,45,46,47)/t31-,32-,34-/m0/s1. The van der Waals surface area contributed by atoms with Gasteiger partial charge in [0.25, 0.3) is 5.91 Å². The zero-order valence-corrected chi connectivity index (χ0v) is 31.9. The van der Waals surface area contributed by atoms with Crippen LogP contribution >= 0.6 is 11.3 Å². The molecule has 1 aromatic heterocycles. The second-order valence-corrected chi connectivity index (χ2v) is 13.9. The highest BCUT2D eigenvalue weighted by Crippen LogP contribution is 2.29. The second kappa shape index (κ2) is 22.0. The van der Waals surface area contributed by atoms with Crippen LogP contribution in [-0.4, -0.2) is 54.8 Å². The molecule has 1 heterocycles. The Bertz CT molecular complexity index is 1910. The fourth-order valence-corrected chi connectivity index (χ4v) is 6.21. The van der Waals surface area contributed by atoms with Crippen LogP contribution in [0.25, 0.3) is 0 Å². The molecule has 0 spiro atoms. The summed E-state index contributed by atoms with van der Waals surface area (Å²) >= 11 is 1.21. The van der Waals surface area contributed by atoms with Crippen molar-refractivity contribution in [2.75, 3.05) is 13.1 Å². The average molecular weight is 809 g/mol. The van der Waals surface area contributed by atoms with Crippen molar-refractivity contribution >= 4 is 40.9 Å². The maximum absolute atomic E-state index is 14.1. The number of guanidine groups is 1. The van der Waals surface area contributed by atoms with E-state index >= 15 is 0 Å². The predicted octanol–water partition coefficient (Wildman–Crippen LogP) is 4.29. The van der Waals surface area contributed by atoms with Crippen LogP contribution in [0.15, 0.2) is 101 Å². The topological polar surface area (TPSA) is 216 Å². The van der Waals surface area contributed by atoms with Crippen LogP contribution in [0.3, 0.4) is 0 Å². The summed E-state index contributed by atoms with van der Waals surface area (Å²) in [7, 11) is 0. The molecule has 10 N–H and O–H groups in total. The number of rotatable bonds is 21. The third-order valence-electron chi connectivity index (χ3n) is 8.65. The maximum atomic E-state index is 14.1. The Kier molecular flexibility index (Phi) is 16.9. The van der Waals surface area contributed by atoms with Crippen molar-refractivity contribution in [1.29, 1.82) is 0 Å². The van der Waals surface area contributed by atoms with Gasteiger partial charge in [0.2, 0.25) is 17.7 Å². The van der Waals surface area contributed by atoms with E-state index in [0.717, 1.165) is 17.7 Å². The van der Waals surface area contributed by atoms with Crippen molar-refractivity contribution in [3.05, 3.63) is 124 Å². The molecule has 4 amide bonds. The number of ether oxygens (including phenoxy) is 1. The van der Waals surface area contributed by atoms with Gasteiger partial charge >= 0.3 is 6.18 Å². The van der Waals surface area contributed by atoms with Crippen molar-refractivity contribution < 1.29 is 37.1 Å². The molecule has 0 fully saturated rings. The lowest BCUT2D eigenvalue weighted by molar-refractivity contribution is -0.137. The number of hydrogen-bond donors (Lipinski definition) is 7. The summed E-state index contributed by atoms with van der Waals surface area (Å²) in [6.45, 7) is 0.718. The number of aliphatic imine (C=N–C) groups is 1. The molecule has 0 saturated heterocycles. The molecule has 3 aromatic carbocycles. The molecule has 0 radical (unpaired) electrons. The van der Waals surface area contributed by atoms with Crippen molar-refractivity contribution in [1.82, 2.24) is 21.3 Å². The van der Waals surface area contributed by atoms with Crippen molar-refractivity contribution in [2.45, 2.75) is 69.6 Å². The van der Waals surface area contributed by atoms with Crippen LogP contribution in [0.1, 0.15) is 70.1 Å². The molecule has 13 nitrogen and oxygen atoms in total. The number of halogens is 3. The minimum Gasteiger partial charge on any atom is -0.489 e. The molecule has 4 aromatic rings. The first-order valence-corrected chi connectivity index (χ1v) is 19.1. The fraction of sp³-hybridized carbons (Fsp3) is 0.325. The van der Waals surface area contributed by atoms with Gasteiger partial charge in [-0.3, -0.25) is 24.2 Å². The van der Waals surface area contributed by atoms with E-state index in [-0.39, 0.29) is 38.5 Å². The first-order valence-electron chi connectivity index (χ1n) is 18.2. The lowest BCUT2D eigenvalue weighted by Crippen LogP contribution is -2.55. The Morgan fingerprint density at radius 3 is 2.04 bits per heavy atom. The summed E-state index contributed by atoms with van der Waals surface area (Å²) in [6.07, 6.45) is -2.73. The Balaban J connectivity index is 1.52. The first kappa shape index (κ1) is 43.8. The molecule has 17 heteroatoms. The molecule has 57 heavy (non-hydrogen) atoms. The highest BCUT2D eigenvalue weighted by Gasteiger charge is 2.31. The molecule has 0 bridgehead atoms. The van der Waals surface area contributed by atoms with Gasteiger partial charge in [-0.1, -0.05) is 60.7 Å². The highest BCUT2D eigenvalue weighted by molar-refractivity contribution is 7.12. The zero-order valence-electron chi connectivity index (χ0n) is 31.1. The van der Waals surface area contributed by atoms with E-state index in [1.165, 1.54) is 23.5 Å². The number of carbonyl (C=O) groups excluding carboxylic acids is 4.